The van der Waals surface area contributed by atoms with Crippen molar-refractivity contribution in [1.82, 2.24) is 5.23 Å². The van der Waals surface area contributed by atoms with E-state index < -0.39 is 0 Å². The van der Waals surface area contributed by atoms with Crippen LogP contribution in [0, 0.1) is 0 Å². The summed E-state index contributed by atoms with van der Waals surface area (Å²) in [6, 6.07) is 0. The van der Waals surface area contributed by atoms with Gasteiger partial charge in [0.05, 0.1) is 18.8 Å². The van der Waals surface area contributed by atoms with E-state index in [1.54, 1.807) is 5.23 Å². The van der Waals surface area contributed by atoms with Crippen molar-refractivity contribution in [1.29, 1.82) is 0 Å². The zero-order valence-electron chi connectivity index (χ0n) is 18.0. The third-order valence-electron chi connectivity index (χ3n) is 4.35. The average Bonchev–Trinajstić information content (AvgIpc) is 2.54. The van der Waals surface area contributed by atoms with Gasteiger partial charge in [-0.25, -0.2) is 0 Å². The van der Waals surface area contributed by atoms with Crippen molar-refractivity contribution in [2.75, 3.05) is 6.54 Å². The van der Waals surface area contributed by atoms with Crippen molar-refractivity contribution in [3.63, 3.8) is 0 Å². The lowest BCUT2D eigenvalue weighted by Crippen LogP contribution is -2.31. The van der Waals surface area contributed by atoms with Gasteiger partial charge in [-0.2, -0.15) is 0 Å². The lowest BCUT2D eigenvalue weighted by molar-refractivity contribution is -0.394. The van der Waals surface area contributed by atoms with Gasteiger partial charge in [0.2, 0.25) is 0 Å². The molecule has 152 valence electrons. The molecule has 0 radical (unpaired) electrons. The van der Waals surface area contributed by atoms with E-state index in [1.165, 1.54) is 83.5 Å². The Bertz CT molecular complexity index is 246. The fourth-order valence-corrected chi connectivity index (χ4v) is 3.04. The molecule has 0 saturated heterocycles. The summed E-state index contributed by atoms with van der Waals surface area (Å²) in [4.78, 5) is 11.4. The number of unbranched alkanes of at least 4 members (excludes halogenated alkanes) is 13. The molecule has 0 atom stereocenters. The molecule has 0 saturated carbocycles. The summed E-state index contributed by atoms with van der Waals surface area (Å²) >= 11 is 0. The quantitative estimate of drug-likeness (QED) is 0.177. The van der Waals surface area contributed by atoms with Gasteiger partial charge in [-0.05, 0) is 34.1 Å². The second-order valence-electron chi connectivity index (χ2n) is 7.96. The van der Waals surface area contributed by atoms with Crippen LogP contribution in [-0.2, 0) is 9.68 Å². The van der Waals surface area contributed by atoms with Gasteiger partial charge in [0.1, 0.15) is 0 Å². The van der Waals surface area contributed by atoms with E-state index in [0.29, 0.717) is 0 Å². The van der Waals surface area contributed by atoms with Gasteiger partial charge in [0.15, 0.2) is 0 Å². The largest absolute Gasteiger partial charge is 0.271 e. The van der Waals surface area contributed by atoms with Gasteiger partial charge in [-0.1, -0.05) is 95.6 Å². The van der Waals surface area contributed by atoms with Gasteiger partial charge < -0.3 is 0 Å². The highest BCUT2D eigenvalue weighted by atomic mass is 17.0. The molecule has 25 heavy (non-hydrogen) atoms. The Morgan fingerprint density at radius 1 is 0.520 bits per heavy atom. The van der Waals surface area contributed by atoms with Gasteiger partial charge in [-0.15, -0.1) is 0 Å². The summed E-state index contributed by atoms with van der Waals surface area (Å²) in [6.45, 7) is 11.3. The van der Waals surface area contributed by atoms with Crippen molar-refractivity contribution in [2.24, 2.45) is 0 Å². The highest BCUT2D eigenvalue weighted by Gasteiger charge is 2.10. The molecule has 0 rings (SSSR count). The number of hydrogen-bond donors (Lipinski definition) is 0. The second-order valence-corrected chi connectivity index (χ2v) is 7.96. The Kier molecular flexibility index (Phi) is 18.6. The van der Waals surface area contributed by atoms with Crippen molar-refractivity contribution < 1.29 is 9.68 Å². The molecule has 0 fully saturated rings. The van der Waals surface area contributed by atoms with Gasteiger partial charge in [0, 0.05) is 0 Å². The number of nitrogens with zero attached hydrogens (tertiary/aromatic N) is 1. The van der Waals surface area contributed by atoms with Crippen LogP contribution >= 0.6 is 0 Å². The molecule has 0 aliphatic carbocycles. The van der Waals surface area contributed by atoms with E-state index in [4.69, 9.17) is 9.68 Å². The smallest absolute Gasteiger partial charge is 0.0763 e. The topological polar surface area (TPSA) is 21.7 Å². The summed E-state index contributed by atoms with van der Waals surface area (Å²) < 4.78 is 0. The van der Waals surface area contributed by atoms with Crippen LogP contribution in [0.4, 0.5) is 0 Å². The molecule has 0 aromatic carbocycles. The molecule has 0 N–H and O–H groups in total. The predicted molar refractivity (Wildman–Crippen MR) is 109 cm³/mol. The highest BCUT2D eigenvalue weighted by Crippen LogP contribution is 2.13. The molecule has 0 aromatic heterocycles. The summed E-state index contributed by atoms with van der Waals surface area (Å²) in [7, 11) is 0. The Hall–Kier alpha value is -0.120. The fraction of sp³-hybridized carbons (Fsp3) is 1.00. The van der Waals surface area contributed by atoms with Crippen molar-refractivity contribution in [3.8, 4) is 0 Å². The zero-order valence-corrected chi connectivity index (χ0v) is 18.0. The zero-order chi connectivity index (χ0) is 18.8. The minimum absolute atomic E-state index is 0.172. The van der Waals surface area contributed by atoms with E-state index >= 15 is 0 Å². The van der Waals surface area contributed by atoms with Gasteiger partial charge in [0.25, 0.3) is 0 Å². The monoisotopic (exact) mass is 357 g/mol. The van der Waals surface area contributed by atoms with E-state index in [9.17, 15) is 0 Å². The average molecular weight is 358 g/mol. The molecule has 0 aromatic rings. The van der Waals surface area contributed by atoms with E-state index in [-0.39, 0.29) is 12.2 Å². The molecule has 3 nitrogen and oxygen atoms in total. The third kappa shape index (κ3) is 20.0. The predicted octanol–water partition coefficient (Wildman–Crippen LogP) is 7.45. The normalized spacial score (nSPS) is 12.0. The maximum Gasteiger partial charge on any atom is 0.0763 e. The highest BCUT2D eigenvalue weighted by molar-refractivity contribution is 4.50. The molecule has 3 heteroatoms. The number of hydroxylamine groups is 2. The van der Waals surface area contributed by atoms with Crippen LogP contribution in [0.2, 0.25) is 0 Å². The van der Waals surface area contributed by atoms with E-state index in [1.807, 2.05) is 27.7 Å². The lowest BCUT2D eigenvalue weighted by Gasteiger charge is -2.24. The van der Waals surface area contributed by atoms with Crippen LogP contribution in [0.1, 0.15) is 125 Å². The minimum Gasteiger partial charge on any atom is -0.271 e. The van der Waals surface area contributed by atoms with Gasteiger partial charge >= 0.3 is 0 Å². The maximum absolute atomic E-state index is 5.69. The Labute approximate surface area is 158 Å². The molecule has 0 aliphatic heterocycles. The third-order valence-corrected chi connectivity index (χ3v) is 4.35. The van der Waals surface area contributed by atoms with Crippen LogP contribution in [0.25, 0.3) is 0 Å². The summed E-state index contributed by atoms with van der Waals surface area (Å²) in [5.41, 5.74) is 0. The van der Waals surface area contributed by atoms with Gasteiger partial charge in [-0.3, -0.25) is 9.68 Å². The van der Waals surface area contributed by atoms with Crippen LogP contribution in [0.15, 0.2) is 0 Å². The molecule has 0 amide bonds. The molecule has 0 heterocycles. The van der Waals surface area contributed by atoms with Crippen LogP contribution in [0.3, 0.4) is 0 Å². The minimum atomic E-state index is 0.172. The Morgan fingerprint density at radius 3 is 1.16 bits per heavy atom. The first-order chi connectivity index (χ1) is 12.1. The van der Waals surface area contributed by atoms with Crippen molar-refractivity contribution >= 4 is 0 Å². The maximum atomic E-state index is 5.69. The number of rotatable bonds is 19. The molecular formula is C22H47NO2. The standard InChI is InChI=1S/C22H47NO2/c1-6-7-8-9-10-11-12-13-14-15-16-17-18-19-20-23(24-21(2)3)25-22(4)5/h21-22H,6-20H2,1-5H3. The summed E-state index contributed by atoms with van der Waals surface area (Å²) in [5, 5.41) is 1.69. The second kappa shape index (κ2) is 18.7. The van der Waals surface area contributed by atoms with Crippen LogP contribution in [0.5, 0.6) is 0 Å². The SMILES string of the molecule is CCCCCCCCCCCCCCCCN(OC(C)C)OC(C)C. The fourth-order valence-electron chi connectivity index (χ4n) is 3.04. The van der Waals surface area contributed by atoms with Crippen LogP contribution < -0.4 is 0 Å². The summed E-state index contributed by atoms with van der Waals surface area (Å²) in [5.74, 6) is 0. The first-order valence-corrected chi connectivity index (χ1v) is 11.2. The number of hydrogen-bond acceptors (Lipinski definition) is 3. The molecule has 0 spiro atoms. The Morgan fingerprint density at radius 2 is 0.840 bits per heavy atom. The van der Waals surface area contributed by atoms with E-state index in [0.717, 1.165) is 13.0 Å². The summed E-state index contributed by atoms with van der Waals surface area (Å²) in [6.07, 6.45) is 19.8. The Balaban J connectivity index is 3.33. The van der Waals surface area contributed by atoms with E-state index in [2.05, 4.69) is 6.92 Å². The van der Waals surface area contributed by atoms with Crippen molar-refractivity contribution in [2.45, 2.75) is 137 Å². The molecule has 0 bridgehead atoms. The first kappa shape index (κ1) is 24.9. The molecular weight excluding hydrogens is 310 g/mol. The van der Waals surface area contributed by atoms with Crippen molar-refractivity contribution in [3.05, 3.63) is 0 Å². The molecule has 0 aliphatic rings. The first-order valence-electron chi connectivity index (χ1n) is 11.2. The lowest BCUT2D eigenvalue weighted by atomic mass is 10.0. The van der Waals surface area contributed by atoms with Crippen LogP contribution in [-0.4, -0.2) is 24.0 Å². The molecule has 0 unspecified atom stereocenters.